The summed E-state index contributed by atoms with van der Waals surface area (Å²) in [5, 5.41) is 3.20. The van der Waals surface area contributed by atoms with Crippen molar-refractivity contribution in [2.24, 2.45) is 5.92 Å². The predicted octanol–water partition coefficient (Wildman–Crippen LogP) is 2.67. The lowest BCUT2D eigenvalue weighted by atomic mass is 9.95. The van der Waals surface area contributed by atoms with Crippen molar-refractivity contribution in [3.05, 3.63) is 35.6 Å². The Balaban J connectivity index is 1.51. The first-order chi connectivity index (χ1) is 13.1. The monoisotopic (exact) mass is 375 g/mol. The molecule has 2 fully saturated rings. The van der Waals surface area contributed by atoms with Gasteiger partial charge in [-0.05, 0) is 62.9 Å². The summed E-state index contributed by atoms with van der Waals surface area (Å²) >= 11 is 0. The van der Waals surface area contributed by atoms with E-state index in [9.17, 15) is 14.0 Å². The summed E-state index contributed by atoms with van der Waals surface area (Å²) in [6.45, 7) is 6.49. The van der Waals surface area contributed by atoms with Gasteiger partial charge in [-0.1, -0.05) is 6.92 Å². The smallest absolute Gasteiger partial charge is 0.253 e. The largest absolute Gasteiger partial charge is 0.353 e. The molecule has 1 aromatic rings. The second-order valence-electron chi connectivity index (χ2n) is 7.72. The van der Waals surface area contributed by atoms with Crippen LogP contribution in [0.5, 0.6) is 0 Å². The molecule has 2 aliphatic heterocycles. The highest BCUT2D eigenvalue weighted by molar-refractivity contribution is 5.94. The number of rotatable bonds is 5. The molecule has 1 N–H and O–H groups in total. The highest BCUT2D eigenvalue weighted by Crippen LogP contribution is 2.20. The van der Waals surface area contributed by atoms with Crippen LogP contribution in [0, 0.1) is 11.7 Å². The third-order valence-electron chi connectivity index (χ3n) is 5.64. The van der Waals surface area contributed by atoms with E-state index >= 15 is 0 Å². The van der Waals surface area contributed by atoms with Crippen LogP contribution < -0.4 is 5.32 Å². The number of hydrogen-bond acceptors (Lipinski definition) is 3. The predicted molar refractivity (Wildman–Crippen MR) is 103 cm³/mol. The first-order valence-electron chi connectivity index (χ1n) is 10.1. The van der Waals surface area contributed by atoms with Crippen molar-refractivity contribution < 1.29 is 14.0 Å². The number of likely N-dealkylation sites (tertiary alicyclic amines) is 2. The maximum Gasteiger partial charge on any atom is 0.253 e. The number of carbonyl (C=O) groups is 2. The quantitative estimate of drug-likeness (QED) is 0.861. The molecular formula is C21H30FN3O2. The van der Waals surface area contributed by atoms with E-state index in [2.05, 4.69) is 17.1 Å². The van der Waals surface area contributed by atoms with Crippen LogP contribution >= 0.6 is 0 Å². The Hall–Kier alpha value is -1.95. The molecule has 1 unspecified atom stereocenters. The molecule has 3 rings (SSSR count). The first kappa shape index (κ1) is 19.8. The Kier molecular flexibility index (Phi) is 6.83. The Labute approximate surface area is 160 Å². The molecule has 0 radical (unpaired) electrons. The molecule has 1 atom stereocenters. The van der Waals surface area contributed by atoms with Crippen LogP contribution in [0.1, 0.15) is 49.4 Å². The number of carbonyl (C=O) groups excluding carboxylic acids is 2. The molecule has 5 nitrogen and oxygen atoms in total. The fourth-order valence-electron chi connectivity index (χ4n) is 4.09. The minimum absolute atomic E-state index is 0.0700. The Morgan fingerprint density at radius 3 is 2.48 bits per heavy atom. The van der Waals surface area contributed by atoms with Crippen molar-refractivity contribution in [2.75, 3.05) is 32.7 Å². The minimum atomic E-state index is -0.354. The van der Waals surface area contributed by atoms with E-state index in [1.807, 2.05) is 0 Å². The van der Waals surface area contributed by atoms with Gasteiger partial charge in [0, 0.05) is 37.8 Å². The second-order valence-corrected chi connectivity index (χ2v) is 7.72. The maximum absolute atomic E-state index is 13.1. The van der Waals surface area contributed by atoms with Gasteiger partial charge in [0.15, 0.2) is 0 Å². The van der Waals surface area contributed by atoms with Gasteiger partial charge in [0.05, 0.1) is 5.92 Å². The molecular weight excluding hydrogens is 345 g/mol. The highest BCUT2D eigenvalue weighted by Gasteiger charge is 2.30. The molecule has 2 heterocycles. The molecule has 0 bridgehead atoms. The zero-order valence-electron chi connectivity index (χ0n) is 16.1. The zero-order valence-corrected chi connectivity index (χ0v) is 16.1. The van der Waals surface area contributed by atoms with Gasteiger partial charge < -0.3 is 15.1 Å². The molecule has 0 aromatic heterocycles. The minimum Gasteiger partial charge on any atom is -0.353 e. The summed E-state index contributed by atoms with van der Waals surface area (Å²) in [6, 6.07) is 5.85. The lowest BCUT2D eigenvalue weighted by molar-refractivity contribution is -0.127. The fraction of sp³-hybridized carbons (Fsp3) is 0.619. The number of hydrogen-bond donors (Lipinski definition) is 1. The Morgan fingerprint density at radius 2 is 1.81 bits per heavy atom. The van der Waals surface area contributed by atoms with E-state index in [4.69, 9.17) is 0 Å². The summed E-state index contributed by atoms with van der Waals surface area (Å²) in [6.07, 6.45) is 4.79. The molecule has 0 saturated carbocycles. The fourth-order valence-corrected chi connectivity index (χ4v) is 4.09. The molecule has 0 aliphatic carbocycles. The van der Waals surface area contributed by atoms with Crippen LogP contribution in [-0.4, -0.2) is 60.4 Å². The lowest BCUT2D eigenvalue weighted by Gasteiger charge is -2.35. The van der Waals surface area contributed by atoms with Crippen LogP contribution in [0.2, 0.25) is 0 Å². The molecule has 2 aliphatic rings. The number of halogens is 1. The van der Waals surface area contributed by atoms with Crippen molar-refractivity contribution in [3.8, 4) is 0 Å². The molecule has 6 heteroatoms. The van der Waals surface area contributed by atoms with E-state index < -0.39 is 0 Å². The molecule has 148 valence electrons. The van der Waals surface area contributed by atoms with Crippen LogP contribution in [0.15, 0.2) is 24.3 Å². The van der Waals surface area contributed by atoms with Crippen molar-refractivity contribution in [1.29, 1.82) is 0 Å². The van der Waals surface area contributed by atoms with E-state index in [0.29, 0.717) is 18.7 Å². The van der Waals surface area contributed by atoms with E-state index in [-0.39, 0.29) is 29.6 Å². The molecule has 27 heavy (non-hydrogen) atoms. The maximum atomic E-state index is 13.1. The van der Waals surface area contributed by atoms with Crippen molar-refractivity contribution in [2.45, 2.75) is 45.1 Å². The highest BCUT2D eigenvalue weighted by atomic mass is 19.1. The van der Waals surface area contributed by atoms with Crippen LogP contribution in [-0.2, 0) is 4.79 Å². The summed E-state index contributed by atoms with van der Waals surface area (Å²) in [4.78, 5) is 29.5. The van der Waals surface area contributed by atoms with E-state index in [0.717, 1.165) is 51.7 Å². The van der Waals surface area contributed by atoms with Gasteiger partial charge >= 0.3 is 0 Å². The summed E-state index contributed by atoms with van der Waals surface area (Å²) < 4.78 is 13.1. The van der Waals surface area contributed by atoms with Crippen molar-refractivity contribution in [1.82, 2.24) is 15.1 Å². The molecule has 2 saturated heterocycles. The van der Waals surface area contributed by atoms with E-state index in [1.165, 1.54) is 24.3 Å². The standard InChI is InChI=1S/C21H30FN3O2/c1-2-11-24-13-9-19(10-14-24)23-20(26)17-4-3-12-25(15-17)21(27)16-5-7-18(22)8-6-16/h5-8,17,19H,2-4,9-15H2,1H3,(H,23,26). The number of piperidine rings is 2. The second kappa shape index (κ2) is 9.31. The van der Waals surface area contributed by atoms with Crippen molar-refractivity contribution >= 4 is 11.8 Å². The summed E-state index contributed by atoms with van der Waals surface area (Å²) in [5.74, 6) is -0.565. The van der Waals surface area contributed by atoms with Crippen LogP contribution in [0.25, 0.3) is 0 Å². The Morgan fingerprint density at radius 1 is 1.11 bits per heavy atom. The normalized spacial score (nSPS) is 21.9. The topological polar surface area (TPSA) is 52.7 Å². The Bertz CT molecular complexity index is 641. The third kappa shape index (κ3) is 5.28. The molecule has 1 aromatic carbocycles. The van der Waals surface area contributed by atoms with Gasteiger partial charge in [-0.3, -0.25) is 9.59 Å². The number of nitrogens with one attached hydrogen (secondary N) is 1. The van der Waals surface area contributed by atoms with Gasteiger partial charge in [0.1, 0.15) is 5.82 Å². The molecule has 2 amide bonds. The zero-order chi connectivity index (χ0) is 19.2. The van der Waals surface area contributed by atoms with Gasteiger partial charge in [-0.15, -0.1) is 0 Å². The van der Waals surface area contributed by atoms with Crippen molar-refractivity contribution in [3.63, 3.8) is 0 Å². The summed E-state index contributed by atoms with van der Waals surface area (Å²) in [7, 11) is 0. The van der Waals surface area contributed by atoms with Gasteiger partial charge in [-0.2, -0.15) is 0 Å². The van der Waals surface area contributed by atoms with Gasteiger partial charge in [0.25, 0.3) is 5.91 Å². The average molecular weight is 375 g/mol. The number of amides is 2. The lowest BCUT2D eigenvalue weighted by Crippen LogP contribution is -2.50. The van der Waals surface area contributed by atoms with E-state index in [1.54, 1.807) is 4.90 Å². The SMILES string of the molecule is CCCN1CCC(NC(=O)C2CCCN(C(=O)c3ccc(F)cc3)C2)CC1. The number of benzene rings is 1. The first-order valence-corrected chi connectivity index (χ1v) is 10.1. The number of nitrogens with zero attached hydrogens (tertiary/aromatic N) is 2. The van der Waals surface area contributed by atoms with Crippen LogP contribution in [0.3, 0.4) is 0 Å². The van der Waals surface area contributed by atoms with Gasteiger partial charge in [0.2, 0.25) is 5.91 Å². The van der Waals surface area contributed by atoms with Gasteiger partial charge in [-0.25, -0.2) is 4.39 Å². The molecule has 0 spiro atoms. The summed E-state index contributed by atoms with van der Waals surface area (Å²) in [5.41, 5.74) is 0.473. The average Bonchev–Trinajstić information content (AvgIpc) is 2.70. The van der Waals surface area contributed by atoms with Crippen LogP contribution in [0.4, 0.5) is 4.39 Å². The third-order valence-corrected chi connectivity index (χ3v) is 5.64.